The molecule has 0 bridgehead atoms. The summed E-state index contributed by atoms with van der Waals surface area (Å²) in [5.74, 6) is 1.28. The monoisotopic (exact) mass is 347 g/mol. The molecule has 0 unspecified atom stereocenters. The van der Waals surface area contributed by atoms with Gasteiger partial charge in [0, 0.05) is 23.7 Å². The number of rotatable bonds is 7. The Bertz CT molecular complexity index is 845. The Kier molecular flexibility index (Phi) is 5.88. The van der Waals surface area contributed by atoms with E-state index in [1.165, 1.54) is 5.56 Å². The SMILES string of the molecule is COc1ccc(C(=O)Nc2cccc(OCCc3ccccc3)c2)cc1. The highest BCUT2D eigenvalue weighted by Crippen LogP contribution is 2.19. The fourth-order valence-electron chi connectivity index (χ4n) is 2.54. The van der Waals surface area contributed by atoms with Crippen molar-refractivity contribution in [1.82, 2.24) is 0 Å². The highest BCUT2D eigenvalue weighted by Gasteiger charge is 2.07. The molecule has 3 aromatic carbocycles. The molecule has 0 radical (unpaired) electrons. The molecular formula is C22H21NO3. The average Bonchev–Trinajstić information content (AvgIpc) is 2.69. The van der Waals surface area contributed by atoms with Crippen molar-refractivity contribution in [2.24, 2.45) is 0 Å². The minimum absolute atomic E-state index is 0.172. The molecule has 0 atom stereocenters. The third-order valence-electron chi connectivity index (χ3n) is 3.95. The van der Waals surface area contributed by atoms with Crippen molar-refractivity contribution >= 4 is 11.6 Å². The molecule has 4 nitrogen and oxygen atoms in total. The van der Waals surface area contributed by atoms with Gasteiger partial charge in [0.1, 0.15) is 11.5 Å². The lowest BCUT2D eigenvalue weighted by molar-refractivity contribution is 0.102. The van der Waals surface area contributed by atoms with Gasteiger partial charge in [0.05, 0.1) is 13.7 Å². The van der Waals surface area contributed by atoms with E-state index in [1.54, 1.807) is 31.4 Å². The number of hydrogen-bond donors (Lipinski definition) is 1. The van der Waals surface area contributed by atoms with Crippen LogP contribution >= 0.6 is 0 Å². The number of anilines is 1. The average molecular weight is 347 g/mol. The van der Waals surface area contributed by atoms with Crippen LogP contribution in [-0.2, 0) is 6.42 Å². The second-order valence-electron chi connectivity index (χ2n) is 5.79. The van der Waals surface area contributed by atoms with Crippen molar-refractivity contribution in [1.29, 1.82) is 0 Å². The molecule has 0 aliphatic carbocycles. The van der Waals surface area contributed by atoms with Crippen molar-refractivity contribution in [3.63, 3.8) is 0 Å². The summed E-state index contributed by atoms with van der Waals surface area (Å²) in [7, 11) is 1.60. The maximum atomic E-state index is 12.3. The lowest BCUT2D eigenvalue weighted by Crippen LogP contribution is -2.11. The summed E-state index contributed by atoms with van der Waals surface area (Å²) < 4.78 is 10.9. The van der Waals surface area contributed by atoms with Gasteiger partial charge >= 0.3 is 0 Å². The zero-order chi connectivity index (χ0) is 18.2. The molecular weight excluding hydrogens is 326 g/mol. The van der Waals surface area contributed by atoms with Crippen LogP contribution in [0.5, 0.6) is 11.5 Å². The summed E-state index contributed by atoms with van der Waals surface area (Å²) in [6.45, 7) is 0.583. The molecule has 1 N–H and O–H groups in total. The molecule has 0 heterocycles. The van der Waals surface area contributed by atoms with Crippen LogP contribution in [0.1, 0.15) is 15.9 Å². The Hall–Kier alpha value is -3.27. The van der Waals surface area contributed by atoms with Crippen molar-refractivity contribution < 1.29 is 14.3 Å². The molecule has 4 heteroatoms. The maximum Gasteiger partial charge on any atom is 0.255 e. The summed E-state index contributed by atoms with van der Waals surface area (Å²) in [6, 6.07) is 24.6. The Labute approximate surface area is 153 Å². The zero-order valence-electron chi connectivity index (χ0n) is 14.6. The number of amides is 1. The molecule has 132 valence electrons. The third kappa shape index (κ3) is 4.86. The van der Waals surface area contributed by atoms with Crippen molar-refractivity contribution in [3.8, 4) is 11.5 Å². The van der Waals surface area contributed by atoms with Gasteiger partial charge in [0.15, 0.2) is 0 Å². The van der Waals surface area contributed by atoms with Crippen molar-refractivity contribution in [2.75, 3.05) is 19.0 Å². The van der Waals surface area contributed by atoms with E-state index >= 15 is 0 Å². The van der Waals surface area contributed by atoms with Crippen LogP contribution in [-0.4, -0.2) is 19.6 Å². The Morgan fingerprint density at radius 3 is 2.38 bits per heavy atom. The summed E-state index contributed by atoms with van der Waals surface area (Å²) in [6.07, 6.45) is 0.837. The number of methoxy groups -OCH3 is 1. The predicted octanol–water partition coefficient (Wildman–Crippen LogP) is 4.57. The van der Waals surface area contributed by atoms with Crippen LogP contribution in [0, 0.1) is 0 Å². The van der Waals surface area contributed by atoms with Gasteiger partial charge in [-0.15, -0.1) is 0 Å². The minimum Gasteiger partial charge on any atom is -0.497 e. The zero-order valence-corrected chi connectivity index (χ0v) is 14.6. The fraction of sp³-hybridized carbons (Fsp3) is 0.136. The van der Waals surface area contributed by atoms with Gasteiger partial charge in [-0.1, -0.05) is 36.4 Å². The molecule has 3 aromatic rings. The van der Waals surface area contributed by atoms with Crippen LogP contribution < -0.4 is 14.8 Å². The van der Waals surface area contributed by atoms with E-state index < -0.39 is 0 Å². The van der Waals surface area contributed by atoms with Crippen molar-refractivity contribution in [2.45, 2.75) is 6.42 Å². The van der Waals surface area contributed by atoms with Gasteiger partial charge in [-0.25, -0.2) is 0 Å². The first-order valence-electron chi connectivity index (χ1n) is 8.47. The lowest BCUT2D eigenvalue weighted by atomic mass is 10.2. The number of carbonyl (C=O) groups excluding carboxylic acids is 1. The van der Waals surface area contributed by atoms with E-state index in [1.807, 2.05) is 42.5 Å². The van der Waals surface area contributed by atoms with Gasteiger partial charge in [-0.2, -0.15) is 0 Å². The third-order valence-corrected chi connectivity index (χ3v) is 3.95. The summed E-state index contributed by atoms with van der Waals surface area (Å²) in [5.41, 5.74) is 2.50. The normalized spacial score (nSPS) is 10.2. The van der Waals surface area contributed by atoms with E-state index in [-0.39, 0.29) is 5.91 Å². The number of hydrogen-bond acceptors (Lipinski definition) is 3. The molecule has 0 aliphatic rings. The van der Waals surface area contributed by atoms with Crippen LogP contribution in [0.25, 0.3) is 0 Å². The quantitative estimate of drug-likeness (QED) is 0.681. The first kappa shape index (κ1) is 17.5. The van der Waals surface area contributed by atoms with Crippen molar-refractivity contribution in [3.05, 3.63) is 90.0 Å². The highest BCUT2D eigenvalue weighted by atomic mass is 16.5. The first-order valence-corrected chi connectivity index (χ1v) is 8.47. The smallest absolute Gasteiger partial charge is 0.255 e. The molecule has 26 heavy (non-hydrogen) atoms. The molecule has 0 spiro atoms. The minimum atomic E-state index is -0.172. The van der Waals surface area contributed by atoms with Gasteiger partial charge < -0.3 is 14.8 Å². The number of carbonyl (C=O) groups is 1. The molecule has 0 aromatic heterocycles. The van der Waals surface area contributed by atoms with Crippen LogP contribution in [0.4, 0.5) is 5.69 Å². The Morgan fingerprint density at radius 1 is 0.885 bits per heavy atom. The topological polar surface area (TPSA) is 47.6 Å². The van der Waals surface area contributed by atoms with Gasteiger partial charge in [-0.05, 0) is 42.0 Å². The van der Waals surface area contributed by atoms with E-state index in [2.05, 4.69) is 17.4 Å². The maximum absolute atomic E-state index is 12.3. The Balaban J connectivity index is 1.57. The summed E-state index contributed by atoms with van der Waals surface area (Å²) in [5, 5.41) is 2.88. The van der Waals surface area contributed by atoms with Crippen LogP contribution in [0.2, 0.25) is 0 Å². The van der Waals surface area contributed by atoms with E-state index in [0.717, 1.165) is 17.9 Å². The van der Waals surface area contributed by atoms with Crippen LogP contribution in [0.15, 0.2) is 78.9 Å². The second kappa shape index (κ2) is 8.72. The molecule has 3 rings (SSSR count). The summed E-state index contributed by atoms with van der Waals surface area (Å²) in [4.78, 5) is 12.3. The summed E-state index contributed by atoms with van der Waals surface area (Å²) >= 11 is 0. The van der Waals surface area contributed by atoms with Crippen LogP contribution in [0.3, 0.4) is 0 Å². The first-order chi connectivity index (χ1) is 12.7. The highest BCUT2D eigenvalue weighted by molar-refractivity contribution is 6.04. The predicted molar refractivity (Wildman–Crippen MR) is 103 cm³/mol. The molecule has 0 fully saturated rings. The number of benzene rings is 3. The van der Waals surface area contributed by atoms with Gasteiger partial charge in [0.2, 0.25) is 0 Å². The lowest BCUT2D eigenvalue weighted by Gasteiger charge is -2.10. The standard InChI is InChI=1S/C22H21NO3/c1-25-20-12-10-18(11-13-20)22(24)23-19-8-5-9-21(16-19)26-15-14-17-6-3-2-4-7-17/h2-13,16H,14-15H2,1H3,(H,23,24). The molecule has 1 amide bonds. The van der Waals surface area contributed by atoms with Gasteiger partial charge in [0.25, 0.3) is 5.91 Å². The van der Waals surface area contributed by atoms with E-state index in [0.29, 0.717) is 17.9 Å². The fourth-order valence-corrected chi connectivity index (χ4v) is 2.54. The molecule has 0 saturated carbocycles. The largest absolute Gasteiger partial charge is 0.497 e. The second-order valence-corrected chi connectivity index (χ2v) is 5.79. The number of ether oxygens (including phenoxy) is 2. The van der Waals surface area contributed by atoms with E-state index in [9.17, 15) is 4.79 Å². The molecule has 0 saturated heterocycles. The number of nitrogens with one attached hydrogen (secondary N) is 1. The Morgan fingerprint density at radius 2 is 1.65 bits per heavy atom. The molecule has 0 aliphatic heterocycles. The van der Waals surface area contributed by atoms with Gasteiger partial charge in [-0.3, -0.25) is 4.79 Å². The van der Waals surface area contributed by atoms with E-state index in [4.69, 9.17) is 9.47 Å².